The average Bonchev–Trinajstić information content (AvgIpc) is 2.67. The third-order valence-electron chi connectivity index (χ3n) is 6.36. The Labute approximate surface area is 182 Å². The van der Waals surface area contributed by atoms with E-state index < -0.39 is 11.0 Å². The third-order valence-corrected chi connectivity index (χ3v) is 6.36. The van der Waals surface area contributed by atoms with E-state index in [2.05, 4.69) is 26.1 Å². The largest absolute Gasteiger partial charge is 0.466 e. The van der Waals surface area contributed by atoms with E-state index in [4.69, 9.17) is 14.2 Å². The summed E-state index contributed by atoms with van der Waals surface area (Å²) in [5.41, 5.74) is -1.17. The molecular formula is C23H42N2O5. The van der Waals surface area contributed by atoms with Crippen molar-refractivity contribution in [1.82, 2.24) is 10.2 Å². The normalized spacial score (nSPS) is 25.7. The zero-order chi connectivity index (χ0) is 22.5. The number of piperidine rings is 1. The Hall–Kier alpha value is -1.34. The molecule has 1 amide bonds. The van der Waals surface area contributed by atoms with E-state index in [0.717, 1.165) is 19.4 Å². The van der Waals surface area contributed by atoms with Gasteiger partial charge in [0.2, 0.25) is 0 Å². The summed E-state index contributed by atoms with van der Waals surface area (Å²) in [5, 5.41) is 3.72. The van der Waals surface area contributed by atoms with Gasteiger partial charge in [-0.05, 0) is 66.2 Å². The highest BCUT2D eigenvalue weighted by molar-refractivity contribution is 5.78. The summed E-state index contributed by atoms with van der Waals surface area (Å²) in [6, 6.07) is 0.268. The summed E-state index contributed by atoms with van der Waals surface area (Å²) < 4.78 is 16.9. The first-order valence-corrected chi connectivity index (χ1v) is 11.5. The second kappa shape index (κ2) is 10.3. The van der Waals surface area contributed by atoms with Crippen molar-refractivity contribution in [2.75, 3.05) is 26.3 Å². The number of nitrogens with zero attached hydrogens (tertiary/aromatic N) is 1. The monoisotopic (exact) mass is 426 g/mol. The van der Waals surface area contributed by atoms with Gasteiger partial charge in [0.05, 0.1) is 18.1 Å². The fourth-order valence-electron chi connectivity index (χ4n) is 4.46. The van der Waals surface area contributed by atoms with Crippen LogP contribution >= 0.6 is 0 Å². The van der Waals surface area contributed by atoms with Crippen molar-refractivity contribution in [2.24, 2.45) is 11.3 Å². The van der Waals surface area contributed by atoms with Crippen LogP contribution in [0.25, 0.3) is 0 Å². The molecule has 7 nitrogen and oxygen atoms in total. The smallest absolute Gasteiger partial charge is 0.410 e. The van der Waals surface area contributed by atoms with Gasteiger partial charge in [-0.15, -0.1) is 0 Å². The standard InChI is InChI=1S/C23H42N2O5/c1-8-28-20(26)23(10-12-25(13-11-23)21(27)30-22(5,6)7)17(4)24-18-9-14-29-19(15-18)16(2)3/h16-19,24H,8-15H2,1-7H3/t17-,18-,19-/m0/s1. The third kappa shape index (κ3) is 6.33. The van der Waals surface area contributed by atoms with Gasteiger partial charge < -0.3 is 24.4 Å². The molecule has 2 saturated heterocycles. The molecule has 2 aliphatic heterocycles. The maximum atomic E-state index is 13.1. The number of nitrogens with one attached hydrogen (secondary N) is 1. The Balaban J connectivity index is 2.07. The zero-order valence-corrected chi connectivity index (χ0v) is 20.0. The minimum Gasteiger partial charge on any atom is -0.466 e. The Morgan fingerprint density at radius 1 is 1.20 bits per heavy atom. The first kappa shape index (κ1) is 24.9. The number of carbonyl (C=O) groups is 2. The molecule has 0 spiro atoms. The Morgan fingerprint density at radius 2 is 1.83 bits per heavy atom. The number of esters is 1. The lowest BCUT2D eigenvalue weighted by Gasteiger charge is -2.45. The highest BCUT2D eigenvalue weighted by Crippen LogP contribution is 2.38. The molecule has 2 rings (SSSR count). The van der Waals surface area contributed by atoms with Gasteiger partial charge in [0.15, 0.2) is 0 Å². The number of amides is 1. The van der Waals surface area contributed by atoms with Gasteiger partial charge in [0, 0.05) is 31.8 Å². The predicted octanol–water partition coefficient (Wildman–Crippen LogP) is 3.75. The minimum absolute atomic E-state index is 0.0479. The van der Waals surface area contributed by atoms with E-state index in [-0.39, 0.29) is 24.2 Å². The molecule has 0 unspecified atom stereocenters. The maximum absolute atomic E-state index is 13.1. The van der Waals surface area contributed by atoms with E-state index >= 15 is 0 Å². The van der Waals surface area contributed by atoms with E-state index in [1.54, 1.807) is 4.90 Å². The molecule has 0 bridgehead atoms. The summed E-state index contributed by atoms with van der Waals surface area (Å²) in [6.07, 6.45) is 2.95. The number of hydrogen-bond acceptors (Lipinski definition) is 6. The second-order valence-electron chi connectivity index (χ2n) is 10.1. The van der Waals surface area contributed by atoms with Crippen LogP contribution in [0.4, 0.5) is 4.79 Å². The molecule has 30 heavy (non-hydrogen) atoms. The summed E-state index contributed by atoms with van der Waals surface area (Å²) in [5.74, 6) is 0.308. The lowest BCUT2D eigenvalue weighted by Crippen LogP contribution is -2.58. The van der Waals surface area contributed by atoms with E-state index in [9.17, 15) is 9.59 Å². The molecule has 7 heteroatoms. The molecule has 174 valence electrons. The van der Waals surface area contributed by atoms with Crippen molar-refractivity contribution in [3.05, 3.63) is 0 Å². The fourth-order valence-corrected chi connectivity index (χ4v) is 4.46. The number of hydrogen-bond donors (Lipinski definition) is 1. The number of rotatable bonds is 6. The van der Waals surface area contributed by atoms with Gasteiger partial charge in [-0.25, -0.2) is 4.79 Å². The van der Waals surface area contributed by atoms with Gasteiger partial charge in [0.25, 0.3) is 0 Å². The number of carbonyl (C=O) groups excluding carboxylic acids is 2. The molecule has 0 aliphatic carbocycles. The molecule has 3 atom stereocenters. The van der Waals surface area contributed by atoms with E-state index in [1.165, 1.54) is 0 Å². The van der Waals surface area contributed by atoms with Gasteiger partial charge in [-0.2, -0.15) is 0 Å². The molecule has 2 fully saturated rings. The molecule has 2 heterocycles. The Morgan fingerprint density at radius 3 is 2.37 bits per heavy atom. The molecule has 2 aliphatic rings. The lowest BCUT2D eigenvalue weighted by atomic mass is 9.72. The average molecular weight is 427 g/mol. The minimum atomic E-state index is -0.639. The van der Waals surface area contributed by atoms with E-state index in [0.29, 0.717) is 44.5 Å². The summed E-state index contributed by atoms with van der Waals surface area (Å²) in [4.78, 5) is 27.2. The van der Waals surface area contributed by atoms with Crippen LogP contribution in [0.15, 0.2) is 0 Å². The van der Waals surface area contributed by atoms with Gasteiger partial charge in [-0.1, -0.05) is 13.8 Å². The summed E-state index contributed by atoms with van der Waals surface area (Å²) in [6.45, 7) is 16.0. The molecule has 0 radical (unpaired) electrons. The quantitative estimate of drug-likeness (QED) is 0.652. The van der Waals surface area contributed by atoms with Crippen molar-refractivity contribution >= 4 is 12.1 Å². The van der Waals surface area contributed by atoms with Crippen LogP contribution in [0, 0.1) is 11.3 Å². The molecule has 1 N–H and O–H groups in total. The van der Waals surface area contributed by atoms with Crippen LogP contribution < -0.4 is 5.32 Å². The van der Waals surface area contributed by atoms with Crippen LogP contribution in [0.3, 0.4) is 0 Å². The van der Waals surface area contributed by atoms with Gasteiger partial charge in [-0.3, -0.25) is 4.79 Å². The van der Waals surface area contributed by atoms with Crippen LogP contribution in [0.1, 0.15) is 74.1 Å². The first-order valence-electron chi connectivity index (χ1n) is 11.5. The molecular weight excluding hydrogens is 384 g/mol. The van der Waals surface area contributed by atoms with Crippen molar-refractivity contribution in [1.29, 1.82) is 0 Å². The number of likely N-dealkylation sites (tertiary alicyclic amines) is 1. The SMILES string of the molecule is CCOC(=O)C1([C@H](C)N[C@H]2CCO[C@H](C(C)C)C2)CCN(C(=O)OC(C)(C)C)CC1. The summed E-state index contributed by atoms with van der Waals surface area (Å²) in [7, 11) is 0. The summed E-state index contributed by atoms with van der Waals surface area (Å²) >= 11 is 0. The predicted molar refractivity (Wildman–Crippen MR) is 116 cm³/mol. The highest BCUT2D eigenvalue weighted by Gasteiger charge is 2.48. The van der Waals surface area contributed by atoms with E-state index in [1.807, 2.05) is 27.7 Å². The van der Waals surface area contributed by atoms with Crippen molar-refractivity contribution in [3.63, 3.8) is 0 Å². The Kier molecular flexibility index (Phi) is 8.57. The maximum Gasteiger partial charge on any atom is 0.410 e. The zero-order valence-electron chi connectivity index (χ0n) is 20.0. The lowest BCUT2D eigenvalue weighted by molar-refractivity contribution is -0.161. The first-order chi connectivity index (χ1) is 14.0. The second-order valence-corrected chi connectivity index (χ2v) is 10.1. The van der Waals surface area contributed by atoms with Gasteiger partial charge >= 0.3 is 12.1 Å². The van der Waals surface area contributed by atoms with Crippen molar-refractivity contribution < 1.29 is 23.8 Å². The van der Waals surface area contributed by atoms with Crippen molar-refractivity contribution in [3.8, 4) is 0 Å². The Bertz CT molecular complexity index is 579. The number of ether oxygens (including phenoxy) is 3. The highest BCUT2D eigenvalue weighted by atomic mass is 16.6. The molecule has 0 saturated carbocycles. The topological polar surface area (TPSA) is 77.1 Å². The molecule has 0 aromatic heterocycles. The van der Waals surface area contributed by atoms with Crippen LogP contribution in [0.2, 0.25) is 0 Å². The van der Waals surface area contributed by atoms with Crippen molar-refractivity contribution in [2.45, 2.75) is 97.9 Å². The van der Waals surface area contributed by atoms with Crippen LogP contribution in [-0.2, 0) is 19.0 Å². The van der Waals surface area contributed by atoms with Crippen LogP contribution in [-0.4, -0.2) is 67.1 Å². The molecule has 0 aromatic carbocycles. The van der Waals surface area contributed by atoms with Crippen LogP contribution in [0.5, 0.6) is 0 Å². The van der Waals surface area contributed by atoms with Gasteiger partial charge in [0.1, 0.15) is 5.60 Å². The fraction of sp³-hybridized carbons (Fsp3) is 0.913. The molecule has 0 aromatic rings.